The maximum absolute atomic E-state index is 8.27. The molecule has 0 aromatic carbocycles. The molecule has 0 bridgehead atoms. The highest BCUT2D eigenvalue weighted by Crippen LogP contribution is 2.09. The first kappa shape index (κ1) is 7.07. The van der Waals surface area contributed by atoms with Crippen LogP contribution in [0.25, 0.3) is 0 Å². The van der Waals surface area contributed by atoms with Gasteiger partial charge >= 0.3 is 0 Å². The third kappa shape index (κ3) is 1.47. The maximum Gasteiger partial charge on any atom is 0.207 e. The van der Waals surface area contributed by atoms with Crippen molar-refractivity contribution in [2.75, 3.05) is 13.6 Å². The van der Waals surface area contributed by atoms with Crippen LogP contribution in [0.15, 0.2) is 4.99 Å². The first-order chi connectivity index (χ1) is 4.84. The van der Waals surface area contributed by atoms with Gasteiger partial charge in [-0.3, -0.25) is 0 Å². The van der Waals surface area contributed by atoms with Crippen molar-refractivity contribution in [1.29, 1.82) is 5.26 Å². The number of hydrogen-bond acceptors (Lipinski definition) is 2. The Hall–Kier alpha value is -1.04. The van der Waals surface area contributed by atoms with Crippen LogP contribution in [-0.4, -0.2) is 24.3 Å². The van der Waals surface area contributed by atoms with Crippen molar-refractivity contribution in [2.45, 2.75) is 19.3 Å². The van der Waals surface area contributed by atoms with Gasteiger partial charge in [-0.1, -0.05) is 0 Å². The molecule has 0 atom stereocenters. The fraction of sp³-hybridized carbons (Fsp3) is 0.714. The summed E-state index contributed by atoms with van der Waals surface area (Å²) in [5.41, 5.74) is 0. The molecule has 1 saturated heterocycles. The van der Waals surface area contributed by atoms with Crippen LogP contribution in [0.1, 0.15) is 19.3 Å². The van der Waals surface area contributed by atoms with Gasteiger partial charge in [0.15, 0.2) is 0 Å². The fourth-order valence-electron chi connectivity index (χ4n) is 1.15. The largest absolute Gasteiger partial charge is 0.362 e. The predicted octanol–water partition coefficient (Wildman–Crippen LogP) is 0.982. The summed E-state index contributed by atoms with van der Waals surface area (Å²) in [7, 11) is 1.98. The number of rotatable bonds is 0. The number of likely N-dealkylation sites (tertiary alicyclic amines) is 1. The molecule has 54 valence electrons. The van der Waals surface area contributed by atoms with Gasteiger partial charge in [0, 0.05) is 20.0 Å². The zero-order valence-electron chi connectivity index (χ0n) is 6.17. The molecule has 0 aliphatic carbocycles. The summed E-state index contributed by atoms with van der Waals surface area (Å²) in [4.78, 5) is 5.76. The summed E-state index contributed by atoms with van der Waals surface area (Å²) < 4.78 is 0. The smallest absolute Gasteiger partial charge is 0.207 e. The summed E-state index contributed by atoms with van der Waals surface area (Å²) in [5, 5.41) is 8.27. The summed E-state index contributed by atoms with van der Waals surface area (Å²) in [6.07, 6.45) is 5.17. The second kappa shape index (κ2) is 3.21. The van der Waals surface area contributed by atoms with Crippen molar-refractivity contribution in [3.8, 4) is 6.19 Å². The Bertz CT molecular complexity index is 178. The number of hydrogen-bond donors (Lipinski definition) is 0. The van der Waals surface area contributed by atoms with Crippen LogP contribution in [0.4, 0.5) is 0 Å². The van der Waals surface area contributed by atoms with E-state index in [1.807, 2.05) is 18.1 Å². The van der Waals surface area contributed by atoms with Gasteiger partial charge in [-0.15, -0.1) is 0 Å². The van der Waals surface area contributed by atoms with Crippen LogP contribution >= 0.6 is 0 Å². The van der Waals surface area contributed by atoms with E-state index in [2.05, 4.69) is 4.99 Å². The molecule has 1 aliphatic rings. The molecular formula is C7H11N3. The Morgan fingerprint density at radius 2 is 2.40 bits per heavy atom. The van der Waals surface area contributed by atoms with Crippen molar-refractivity contribution >= 4 is 5.84 Å². The second-order valence-corrected chi connectivity index (χ2v) is 2.51. The van der Waals surface area contributed by atoms with E-state index in [-0.39, 0.29) is 0 Å². The van der Waals surface area contributed by atoms with Crippen molar-refractivity contribution in [3.63, 3.8) is 0 Å². The predicted molar refractivity (Wildman–Crippen MR) is 39.5 cm³/mol. The van der Waals surface area contributed by atoms with Gasteiger partial charge in [0.1, 0.15) is 5.84 Å². The molecule has 0 unspecified atom stereocenters. The van der Waals surface area contributed by atoms with E-state index < -0.39 is 0 Å². The molecule has 3 heteroatoms. The highest BCUT2D eigenvalue weighted by atomic mass is 15.2. The Kier molecular flexibility index (Phi) is 2.27. The molecule has 0 amide bonds. The number of aliphatic imine (C=N–C) groups is 1. The van der Waals surface area contributed by atoms with E-state index in [0.29, 0.717) is 0 Å². The van der Waals surface area contributed by atoms with Crippen LogP contribution in [0.2, 0.25) is 0 Å². The second-order valence-electron chi connectivity index (χ2n) is 2.51. The lowest BCUT2D eigenvalue weighted by molar-refractivity contribution is 0.434. The highest BCUT2D eigenvalue weighted by molar-refractivity contribution is 5.83. The molecule has 1 fully saturated rings. The average molecular weight is 137 g/mol. The minimum Gasteiger partial charge on any atom is -0.362 e. The standard InChI is InChI=1S/C7H11N3/c1-10-5-3-2-4-7(10)9-6-8/h2-5H2,1H3. The first-order valence-electron chi connectivity index (χ1n) is 3.51. The number of nitrogens with zero attached hydrogens (tertiary/aromatic N) is 3. The normalized spacial score (nSPS) is 22.8. The Morgan fingerprint density at radius 3 is 3.00 bits per heavy atom. The lowest BCUT2D eigenvalue weighted by Crippen LogP contribution is -2.31. The van der Waals surface area contributed by atoms with Crippen LogP contribution in [0.5, 0.6) is 0 Å². The molecule has 1 aliphatic heterocycles. The van der Waals surface area contributed by atoms with Crippen molar-refractivity contribution in [2.24, 2.45) is 4.99 Å². The van der Waals surface area contributed by atoms with Gasteiger partial charge < -0.3 is 4.90 Å². The van der Waals surface area contributed by atoms with Gasteiger partial charge in [-0.05, 0) is 12.8 Å². The van der Waals surface area contributed by atoms with E-state index in [4.69, 9.17) is 5.26 Å². The molecule has 1 rings (SSSR count). The van der Waals surface area contributed by atoms with Crippen LogP contribution in [0, 0.1) is 11.5 Å². The van der Waals surface area contributed by atoms with Gasteiger partial charge in [-0.2, -0.15) is 10.3 Å². The lowest BCUT2D eigenvalue weighted by atomic mass is 10.1. The highest BCUT2D eigenvalue weighted by Gasteiger charge is 2.10. The van der Waals surface area contributed by atoms with Gasteiger partial charge in [0.25, 0.3) is 0 Å². The van der Waals surface area contributed by atoms with E-state index in [1.54, 1.807) is 0 Å². The molecular weight excluding hydrogens is 126 g/mol. The minimum absolute atomic E-state index is 0.939. The summed E-state index contributed by atoms with van der Waals surface area (Å²) in [6, 6.07) is 0. The SMILES string of the molecule is CN1CCCCC1=NC#N. The van der Waals surface area contributed by atoms with Crippen LogP contribution in [0.3, 0.4) is 0 Å². The molecule has 0 radical (unpaired) electrons. The monoisotopic (exact) mass is 137 g/mol. The summed E-state index contributed by atoms with van der Waals surface area (Å²) in [5.74, 6) is 0.939. The topological polar surface area (TPSA) is 39.4 Å². The minimum atomic E-state index is 0.939. The van der Waals surface area contributed by atoms with E-state index in [1.165, 1.54) is 12.8 Å². The van der Waals surface area contributed by atoms with Crippen LogP contribution < -0.4 is 0 Å². The van der Waals surface area contributed by atoms with Crippen molar-refractivity contribution in [3.05, 3.63) is 0 Å². The molecule has 0 N–H and O–H groups in total. The van der Waals surface area contributed by atoms with Crippen molar-refractivity contribution in [1.82, 2.24) is 4.90 Å². The van der Waals surface area contributed by atoms with Gasteiger partial charge in [0.2, 0.25) is 6.19 Å². The Labute approximate surface area is 61.0 Å². The average Bonchev–Trinajstić information content (AvgIpc) is 1.94. The Morgan fingerprint density at radius 1 is 1.60 bits per heavy atom. The first-order valence-corrected chi connectivity index (χ1v) is 3.51. The van der Waals surface area contributed by atoms with E-state index in [0.717, 1.165) is 18.8 Å². The lowest BCUT2D eigenvalue weighted by Gasteiger charge is -2.24. The summed E-state index contributed by atoms with van der Waals surface area (Å²) >= 11 is 0. The molecule has 3 nitrogen and oxygen atoms in total. The quantitative estimate of drug-likeness (QED) is 0.467. The number of piperidine rings is 1. The third-order valence-electron chi connectivity index (χ3n) is 1.76. The third-order valence-corrected chi connectivity index (χ3v) is 1.76. The van der Waals surface area contributed by atoms with Gasteiger partial charge in [-0.25, -0.2) is 0 Å². The van der Waals surface area contributed by atoms with Crippen molar-refractivity contribution < 1.29 is 0 Å². The zero-order chi connectivity index (χ0) is 7.40. The molecule has 0 aromatic rings. The van der Waals surface area contributed by atoms with Crippen LogP contribution in [-0.2, 0) is 0 Å². The summed E-state index contributed by atoms with van der Waals surface area (Å²) in [6.45, 7) is 1.04. The Balaban J connectivity index is 2.58. The zero-order valence-corrected chi connectivity index (χ0v) is 6.17. The molecule has 0 saturated carbocycles. The fourth-order valence-corrected chi connectivity index (χ4v) is 1.15. The van der Waals surface area contributed by atoms with E-state index >= 15 is 0 Å². The number of amidine groups is 1. The maximum atomic E-state index is 8.27. The molecule has 0 aromatic heterocycles. The molecule has 0 spiro atoms. The number of nitriles is 1. The van der Waals surface area contributed by atoms with Gasteiger partial charge in [0.05, 0.1) is 0 Å². The molecule has 10 heavy (non-hydrogen) atoms. The van der Waals surface area contributed by atoms with E-state index in [9.17, 15) is 0 Å². The molecule has 1 heterocycles.